The number of aromatic hydroxyl groups is 1. The number of fused-ring (bicyclic) bond motifs is 1. The summed E-state index contributed by atoms with van der Waals surface area (Å²) in [6.45, 7) is 2.02. The van der Waals surface area contributed by atoms with Crippen LogP contribution in [-0.2, 0) is 21.7 Å². The van der Waals surface area contributed by atoms with Gasteiger partial charge in [-0.15, -0.1) is 0 Å². The Morgan fingerprint density at radius 2 is 1.88 bits per heavy atom. The lowest BCUT2D eigenvalue weighted by Crippen LogP contribution is -2.14. The quantitative estimate of drug-likeness (QED) is 0.441. The number of nitrogens with zero attached hydrogens (tertiary/aromatic N) is 3. The minimum Gasteiger partial charge on any atom is -0.493 e. The van der Waals surface area contributed by atoms with Gasteiger partial charge in [0.15, 0.2) is 15.6 Å². The molecular weight excluding hydrogens is 458 g/mol. The molecule has 0 saturated heterocycles. The van der Waals surface area contributed by atoms with Crippen LogP contribution in [0.5, 0.6) is 5.88 Å². The maximum atomic E-state index is 12.8. The lowest BCUT2D eigenvalue weighted by atomic mass is 9.93. The predicted molar refractivity (Wildman–Crippen MR) is 126 cm³/mol. The van der Waals surface area contributed by atoms with Gasteiger partial charge in [0, 0.05) is 36.2 Å². The minimum atomic E-state index is -3.52. The van der Waals surface area contributed by atoms with Crippen LogP contribution in [0.2, 0.25) is 0 Å². The van der Waals surface area contributed by atoms with Gasteiger partial charge in [-0.25, -0.2) is 13.1 Å². The van der Waals surface area contributed by atoms with E-state index < -0.39 is 15.6 Å². The van der Waals surface area contributed by atoms with Gasteiger partial charge < -0.3 is 14.4 Å². The zero-order valence-electron chi connectivity index (χ0n) is 18.8. The number of ketones is 1. The molecule has 1 aliphatic heterocycles. The minimum absolute atomic E-state index is 0.0493. The largest absolute Gasteiger partial charge is 0.493 e. The molecule has 4 aromatic rings. The summed E-state index contributed by atoms with van der Waals surface area (Å²) in [5.74, 6) is -0.691. The van der Waals surface area contributed by atoms with Gasteiger partial charge in [0.25, 0.3) is 0 Å². The van der Waals surface area contributed by atoms with Crippen molar-refractivity contribution in [3.63, 3.8) is 0 Å². The van der Waals surface area contributed by atoms with Crippen molar-refractivity contribution in [3.05, 3.63) is 77.2 Å². The maximum absolute atomic E-state index is 12.8. The van der Waals surface area contributed by atoms with E-state index in [1.807, 2.05) is 30.3 Å². The third kappa shape index (κ3) is 4.44. The van der Waals surface area contributed by atoms with Crippen molar-refractivity contribution in [2.24, 2.45) is 12.2 Å². The van der Waals surface area contributed by atoms with Gasteiger partial charge in [0.2, 0.25) is 5.88 Å². The van der Waals surface area contributed by atoms with E-state index in [9.17, 15) is 18.3 Å². The Hall–Kier alpha value is -3.92. The van der Waals surface area contributed by atoms with Crippen molar-refractivity contribution in [1.82, 2.24) is 9.78 Å². The van der Waals surface area contributed by atoms with E-state index in [2.05, 4.69) is 10.3 Å². The average molecular weight is 482 g/mol. The molecule has 2 aromatic carbocycles. The van der Waals surface area contributed by atoms with Gasteiger partial charge in [0.1, 0.15) is 17.8 Å². The molecular formula is C24H23N3O6S. The number of sulfone groups is 1. The number of carbonyl (C=O) groups excluding carboxylic acids is 1. The lowest BCUT2D eigenvalue weighted by Gasteiger charge is -2.14. The number of aromatic nitrogens is 2. The van der Waals surface area contributed by atoms with E-state index in [1.165, 1.54) is 30.1 Å². The van der Waals surface area contributed by atoms with Gasteiger partial charge in [0.05, 0.1) is 23.1 Å². The maximum Gasteiger partial charge on any atom is 0.220 e. The fraction of sp³-hybridized carbons (Fsp3) is 0.208. The van der Waals surface area contributed by atoms with Crippen molar-refractivity contribution in [2.75, 3.05) is 12.9 Å². The topological polar surface area (TPSA) is 124 Å². The summed E-state index contributed by atoms with van der Waals surface area (Å²) in [5.41, 5.74) is 2.63. The molecule has 0 radical (unpaired) electrons. The van der Waals surface area contributed by atoms with E-state index >= 15 is 0 Å². The monoisotopic (exact) mass is 481 g/mol. The summed E-state index contributed by atoms with van der Waals surface area (Å²) in [5, 5.41) is 18.9. The van der Waals surface area contributed by atoms with Gasteiger partial charge in [-0.1, -0.05) is 23.4 Å². The first-order chi connectivity index (χ1) is 16.2. The Labute approximate surface area is 196 Å². The van der Waals surface area contributed by atoms with Gasteiger partial charge in [-0.3, -0.25) is 4.79 Å². The Kier molecular flexibility index (Phi) is 6.25. The first-order valence-electron chi connectivity index (χ1n) is 10.4. The van der Waals surface area contributed by atoms with Gasteiger partial charge in [-0.2, -0.15) is 5.10 Å². The lowest BCUT2D eigenvalue weighted by molar-refractivity contribution is 0.103. The first kappa shape index (κ1) is 23.2. The molecule has 9 nitrogen and oxygen atoms in total. The van der Waals surface area contributed by atoms with Crippen LogP contribution in [0.1, 0.15) is 33.5 Å². The number of carbonyl (C=O) groups is 1. The molecule has 1 aliphatic rings. The number of furan rings is 1. The molecule has 176 valence electrons. The van der Waals surface area contributed by atoms with Crippen LogP contribution in [0.4, 0.5) is 0 Å². The molecule has 0 amide bonds. The zero-order chi connectivity index (χ0) is 24.5. The van der Waals surface area contributed by atoms with E-state index in [4.69, 9.17) is 9.25 Å². The van der Waals surface area contributed by atoms with Crippen LogP contribution in [-0.4, -0.2) is 47.7 Å². The molecule has 2 aromatic heterocycles. The summed E-state index contributed by atoms with van der Waals surface area (Å²) >= 11 is 0. The fourth-order valence-electron chi connectivity index (χ4n) is 3.73. The van der Waals surface area contributed by atoms with E-state index in [1.54, 1.807) is 13.2 Å². The fourth-order valence-corrected chi connectivity index (χ4v) is 4.68. The van der Waals surface area contributed by atoms with Crippen LogP contribution >= 0.6 is 0 Å². The zero-order valence-corrected chi connectivity index (χ0v) is 19.7. The van der Waals surface area contributed by atoms with Crippen molar-refractivity contribution < 1.29 is 27.6 Å². The number of oxime groups is 1. The molecule has 0 spiro atoms. The third-order valence-corrected chi connectivity index (χ3v) is 6.62. The second-order valence-electron chi connectivity index (χ2n) is 7.80. The Bertz CT molecular complexity index is 1480. The highest BCUT2D eigenvalue weighted by atomic mass is 32.2. The van der Waals surface area contributed by atoms with Crippen LogP contribution < -0.4 is 0 Å². The molecule has 0 fully saturated rings. The molecule has 5 rings (SSSR count). The van der Waals surface area contributed by atoms with Gasteiger partial charge >= 0.3 is 0 Å². The molecule has 0 aliphatic carbocycles. The van der Waals surface area contributed by atoms with Crippen LogP contribution in [0.3, 0.4) is 0 Å². The molecule has 0 atom stereocenters. The molecule has 0 bridgehead atoms. The molecule has 3 heterocycles. The summed E-state index contributed by atoms with van der Waals surface area (Å²) in [6.07, 6.45) is 4.54. The standard InChI is InChI=1S/C16H17N3O5S.C8H6O/c1-9-10(15(20)11-8-17-19(2)16(11)21)4-5-13(25(3,22)23)14(9)12-6-7-24-18-12;1-2-4-8-7(3-1)5-6-9-8/h4-5,8,21H,6-7H2,1-3H3;1-6H. The van der Waals surface area contributed by atoms with Crippen molar-refractivity contribution in [2.45, 2.75) is 18.2 Å². The summed E-state index contributed by atoms with van der Waals surface area (Å²) in [6, 6.07) is 12.7. The summed E-state index contributed by atoms with van der Waals surface area (Å²) in [7, 11) is -2.00. The molecule has 1 N–H and O–H groups in total. The van der Waals surface area contributed by atoms with Crippen molar-refractivity contribution in [1.29, 1.82) is 0 Å². The molecule has 0 saturated carbocycles. The highest BCUT2D eigenvalue weighted by Crippen LogP contribution is 2.29. The predicted octanol–water partition coefficient (Wildman–Crippen LogP) is 3.63. The summed E-state index contributed by atoms with van der Waals surface area (Å²) < 4.78 is 30.6. The average Bonchev–Trinajstić information content (AvgIpc) is 3.55. The molecule has 0 unspecified atom stereocenters. The van der Waals surface area contributed by atoms with E-state index in [0.29, 0.717) is 29.9 Å². The highest BCUT2D eigenvalue weighted by molar-refractivity contribution is 7.90. The molecule has 10 heteroatoms. The number of hydrogen-bond acceptors (Lipinski definition) is 8. The third-order valence-electron chi connectivity index (χ3n) is 5.48. The van der Waals surface area contributed by atoms with Crippen molar-refractivity contribution in [3.8, 4) is 5.88 Å². The van der Waals surface area contributed by atoms with Crippen LogP contribution in [0.25, 0.3) is 11.0 Å². The first-order valence-corrected chi connectivity index (χ1v) is 12.3. The number of aryl methyl sites for hydroxylation is 1. The number of benzene rings is 2. The second-order valence-corrected chi connectivity index (χ2v) is 9.78. The van der Waals surface area contributed by atoms with Crippen molar-refractivity contribution >= 4 is 32.3 Å². The SMILES string of the molecule is Cc1c(C(=O)c2cnn(C)c2O)ccc(S(C)(=O)=O)c1C1=NOCC1.c1ccc2occc2c1. The number of hydrogen-bond donors (Lipinski definition) is 1. The number of rotatable bonds is 4. The van der Waals surface area contributed by atoms with Crippen LogP contribution in [0, 0.1) is 6.92 Å². The second kappa shape index (κ2) is 9.14. The van der Waals surface area contributed by atoms with Gasteiger partial charge in [-0.05, 0) is 36.8 Å². The molecule has 34 heavy (non-hydrogen) atoms. The van der Waals surface area contributed by atoms with Crippen LogP contribution in [0.15, 0.2) is 69.4 Å². The Morgan fingerprint density at radius 3 is 2.50 bits per heavy atom. The number of para-hydroxylation sites is 1. The highest BCUT2D eigenvalue weighted by Gasteiger charge is 2.27. The van der Waals surface area contributed by atoms with E-state index in [-0.39, 0.29) is 21.9 Å². The Morgan fingerprint density at radius 1 is 1.12 bits per heavy atom. The van der Waals surface area contributed by atoms with E-state index in [0.717, 1.165) is 17.2 Å². The normalized spacial score (nSPS) is 13.2. The summed E-state index contributed by atoms with van der Waals surface area (Å²) in [4.78, 5) is 17.9. The smallest absolute Gasteiger partial charge is 0.220 e. The Balaban J connectivity index is 0.000000252.